The molecule has 1 aliphatic rings. The number of nitrogens with zero attached hydrogens (tertiary/aromatic N) is 2. The topological polar surface area (TPSA) is 91.7 Å². The van der Waals surface area contributed by atoms with Crippen molar-refractivity contribution in [3.63, 3.8) is 0 Å². The van der Waals surface area contributed by atoms with E-state index in [0.29, 0.717) is 42.6 Å². The smallest absolute Gasteiger partial charge is 0.251 e. The second-order valence-electron chi connectivity index (χ2n) is 5.94. The van der Waals surface area contributed by atoms with Crippen LogP contribution in [0.25, 0.3) is 0 Å². The minimum absolute atomic E-state index is 0.0687. The van der Waals surface area contributed by atoms with Gasteiger partial charge < -0.3 is 19.7 Å². The first-order valence-electron chi connectivity index (χ1n) is 8.24. The maximum absolute atomic E-state index is 12.3. The number of amides is 2. The van der Waals surface area contributed by atoms with Gasteiger partial charge in [-0.05, 0) is 37.0 Å². The molecule has 0 spiro atoms. The van der Waals surface area contributed by atoms with Crippen LogP contribution in [0, 0.1) is 17.2 Å². The van der Waals surface area contributed by atoms with Crippen molar-refractivity contribution in [2.45, 2.75) is 19.3 Å². The highest BCUT2D eigenvalue weighted by atomic mass is 16.5. The molecule has 0 aromatic heterocycles. The van der Waals surface area contributed by atoms with Gasteiger partial charge in [-0.3, -0.25) is 9.59 Å². The van der Waals surface area contributed by atoms with E-state index in [1.165, 1.54) is 7.11 Å². The van der Waals surface area contributed by atoms with Crippen molar-refractivity contribution < 1.29 is 19.1 Å². The standard InChI is InChI=1S/C18H23N3O4/c1-24-15-4-3-14(11-16(15)25-2)18(23)20-12-13-6-9-21(10-7-13)17(22)5-8-19/h3-4,11,13H,5-7,9-10,12H2,1-2H3,(H,20,23). The second kappa shape index (κ2) is 8.92. The summed E-state index contributed by atoms with van der Waals surface area (Å²) in [7, 11) is 3.08. The summed E-state index contributed by atoms with van der Waals surface area (Å²) in [6.07, 6.45) is 1.58. The van der Waals surface area contributed by atoms with Crippen LogP contribution >= 0.6 is 0 Å². The molecule has 0 aliphatic carbocycles. The molecule has 0 radical (unpaired) electrons. The van der Waals surface area contributed by atoms with Crippen LogP contribution in [0.5, 0.6) is 11.5 Å². The lowest BCUT2D eigenvalue weighted by Crippen LogP contribution is -2.41. The first-order chi connectivity index (χ1) is 12.1. The van der Waals surface area contributed by atoms with Gasteiger partial charge in [-0.25, -0.2) is 0 Å². The summed E-state index contributed by atoms with van der Waals surface area (Å²) in [5, 5.41) is 11.5. The first kappa shape index (κ1) is 18.6. The van der Waals surface area contributed by atoms with Gasteiger partial charge in [-0.1, -0.05) is 0 Å². The van der Waals surface area contributed by atoms with Crippen LogP contribution in [-0.2, 0) is 4.79 Å². The Balaban J connectivity index is 1.83. The zero-order valence-electron chi connectivity index (χ0n) is 14.6. The molecule has 0 unspecified atom stereocenters. The van der Waals surface area contributed by atoms with Gasteiger partial charge >= 0.3 is 0 Å². The third kappa shape index (κ3) is 4.86. The molecule has 2 rings (SSSR count). The van der Waals surface area contributed by atoms with E-state index >= 15 is 0 Å². The number of methoxy groups -OCH3 is 2. The van der Waals surface area contributed by atoms with Crippen molar-refractivity contribution in [2.24, 2.45) is 5.92 Å². The van der Waals surface area contributed by atoms with Crippen molar-refractivity contribution in [3.05, 3.63) is 23.8 Å². The van der Waals surface area contributed by atoms with E-state index < -0.39 is 0 Å². The monoisotopic (exact) mass is 345 g/mol. The van der Waals surface area contributed by atoms with Crippen LogP contribution in [0.2, 0.25) is 0 Å². The van der Waals surface area contributed by atoms with E-state index in [-0.39, 0.29) is 18.2 Å². The summed E-state index contributed by atoms with van der Waals surface area (Å²) >= 11 is 0. The Kier molecular flexibility index (Phi) is 6.63. The fraction of sp³-hybridized carbons (Fsp3) is 0.500. The van der Waals surface area contributed by atoms with Crippen LogP contribution in [0.1, 0.15) is 29.6 Å². The Labute approximate surface area is 147 Å². The predicted octanol–water partition coefficient (Wildman–Crippen LogP) is 1.59. The lowest BCUT2D eigenvalue weighted by atomic mass is 9.96. The molecule has 2 amide bonds. The Morgan fingerprint density at radius 3 is 2.52 bits per heavy atom. The van der Waals surface area contributed by atoms with E-state index in [9.17, 15) is 9.59 Å². The molecule has 7 heteroatoms. The van der Waals surface area contributed by atoms with Crippen molar-refractivity contribution in [3.8, 4) is 17.6 Å². The fourth-order valence-electron chi connectivity index (χ4n) is 2.88. The molecule has 1 saturated heterocycles. The number of piperidine rings is 1. The van der Waals surface area contributed by atoms with Gasteiger partial charge in [0, 0.05) is 25.2 Å². The number of likely N-dealkylation sites (tertiary alicyclic amines) is 1. The van der Waals surface area contributed by atoms with E-state index in [4.69, 9.17) is 14.7 Å². The lowest BCUT2D eigenvalue weighted by Gasteiger charge is -2.31. The van der Waals surface area contributed by atoms with E-state index in [1.807, 2.05) is 6.07 Å². The van der Waals surface area contributed by atoms with E-state index in [0.717, 1.165) is 12.8 Å². The predicted molar refractivity (Wildman–Crippen MR) is 91.4 cm³/mol. The highest BCUT2D eigenvalue weighted by Crippen LogP contribution is 2.27. The van der Waals surface area contributed by atoms with Crippen molar-refractivity contribution >= 4 is 11.8 Å². The summed E-state index contributed by atoms with van der Waals surface area (Å²) in [6, 6.07) is 6.93. The Morgan fingerprint density at radius 1 is 1.24 bits per heavy atom. The van der Waals surface area contributed by atoms with Gasteiger partial charge in [-0.2, -0.15) is 5.26 Å². The fourth-order valence-corrected chi connectivity index (χ4v) is 2.88. The molecule has 1 heterocycles. The number of carbonyl (C=O) groups excluding carboxylic acids is 2. The number of hydrogen-bond donors (Lipinski definition) is 1. The third-order valence-electron chi connectivity index (χ3n) is 4.39. The Bertz CT molecular complexity index is 661. The average molecular weight is 345 g/mol. The summed E-state index contributed by atoms with van der Waals surface area (Å²) in [5.74, 6) is 1.14. The van der Waals surface area contributed by atoms with E-state index in [1.54, 1.807) is 30.2 Å². The lowest BCUT2D eigenvalue weighted by molar-refractivity contribution is -0.131. The molecule has 1 N–H and O–H groups in total. The number of nitrogens with one attached hydrogen (secondary N) is 1. The number of rotatable bonds is 6. The summed E-state index contributed by atoms with van der Waals surface area (Å²) in [5.41, 5.74) is 0.513. The maximum Gasteiger partial charge on any atom is 0.251 e. The number of ether oxygens (including phenoxy) is 2. The summed E-state index contributed by atoms with van der Waals surface area (Å²) in [4.78, 5) is 25.7. The minimum atomic E-state index is -0.163. The Hall–Kier alpha value is -2.75. The zero-order valence-corrected chi connectivity index (χ0v) is 14.6. The normalized spacial score (nSPS) is 14.5. The molecule has 1 aromatic rings. The van der Waals surface area contributed by atoms with Gasteiger partial charge in [0.05, 0.1) is 20.3 Å². The third-order valence-corrected chi connectivity index (χ3v) is 4.39. The van der Waals surface area contributed by atoms with Gasteiger partial charge in [0.15, 0.2) is 11.5 Å². The molecule has 0 bridgehead atoms. The molecule has 0 atom stereocenters. The van der Waals surface area contributed by atoms with Crippen LogP contribution < -0.4 is 14.8 Å². The molecular formula is C18H23N3O4. The largest absolute Gasteiger partial charge is 0.493 e. The van der Waals surface area contributed by atoms with Crippen molar-refractivity contribution in [2.75, 3.05) is 33.9 Å². The van der Waals surface area contributed by atoms with E-state index in [2.05, 4.69) is 5.32 Å². The number of carbonyl (C=O) groups is 2. The van der Waals surface area contributed by atoms with Gasteiger partial charge in [-0.15, -0.1) is 0 Å². The average Bonchev–Trinajstić information content (AvgIpc) is 2.66. The molecule has 1 fully saturated rings. The molecule has 0 saturated carbocycles. The molecule has 1 aliphatic heterocycles. The first-order valence-corrected chi connectivity index (χ1v) is 8.24. The molecule has 134 valence electrons. The molecule has 7 nitrogen and oxygen atoms in total. The Morgan fingerprint density at radius 2 is 1.92 bits per heavy atom. The highest BCUT2D eigenvalue weighted by Gasteiger charge is 2.23. The SMILES string of the molecule is COc1ccc(C(=O)NCC2CCN(C(=O)CC#N)CC2)cc1OC. The second-order valence-corrected chi connectivity index (χ2v) is 5.94. The quantitative estimate of drug-likeness (QED) is 0.845. The summed E-state index contributed by atoms with van der Waals surface area (Å²) < 4.78 is 10.4. The molecule has 1 aromatic carbocycles. The van der Waals surface area contributed by atoms with Crippen LogP contribution in [0.3, 0.4) is 0 Å². The van der Waals surface area contributed by atoms with Crippen molar-refractivity contribution in [1.82, 2.24) is 10.2 Å². The summed E-state index contributed by atoms with van der Waals surface area (Å²) in [6.45, 7) is 1.84. The van der Waals surface area contributed by atoms with Crippen molar-refractivity contribution in [1.29, 1.82) is 5.26 Å². The molecule has 25 heavy (non-hydrogen) atoms. The number of hydrogen-bond acceptors (Lipinski definition) is 5. The van der Waals surface area contributed by atoms with Crippen LogP contribution in [0.15, 0.2) is 18.2 Å². The van der Waals surface area contributed by atoms with Crippen LogP contribution in [0.4, 0.5) is 0 Å². The minimum Gasteiger partial charge on any atom is -0.493 e. The van der Waals surface area contributed by atoms with Crippen LogP contribution in [-0.4, -0.2) is 50.6 Å². The number of benzene rings is 1. The maximum atomic E-state index is 12.3. The van der Waals surface area contributed by atoms with Gasteiger partial charge in [0.1, 0.15) is 6.42 Å². The highest BCUT2D eigenvalue weighted by molar-refractivity contribution is 5.94. The number of nitriles is 1. The molecular weight excluding hydrogens is 322 g/mol. The van der Waals surface area contributed by atoms with Gasteiger partial charge in [0.25, 0.3) is 5.91 Å². The zero-order chi connectivity index (χ0) is 18.2. The van der Waals surface area contributed by atoms with Gasteiger partial charge in [0.2, 0.25) is 5.91 Å².